The number of piperidine rings is 1. The lowest BCUT2D eigenvalue weighted by Crippen LogP contribution is -2.51. The molecule has 0 spiro atoms. The van der Waals surface area contributed by atoms with Gasteiger partial charge in [0.05, 0.1) is 13.2 Å². The molecule has 2 aliphatic rings. The van der Waals surface area contributed by atoms with E-state index in [2.05, 4.69) is 11.1 Å². The number of hydrogen-bond donors (Lipinski definition) is 0. The van der Waals surface area contributed by atoms with E-state index in [0.717, 1.165) is 24.2 Å². The summed E-state index contributed by atoms with van der Waals surface area (Å²) in [7, 11) is 0.529. The third-order valence-corrected chi connectivity index (χ3v) is 6.71. The second-order valence-electron chi connectivity index (χ2n) is 6.56. The summed E-state index contributed by atoms with van der Waals surface area (Å²) in [5, 5.41) is 0. The van der Waals surface area contributed by atoms with Crippen molar-refractivity contribution < 1.29 is 13.2 Å². The van der Waals surface area contributed by atoms with Crippen LogP contribution in [0.5, 0.6) is 0 Å². The monoisotopic (exact) mass is 354 g/mol. The first-order valence-electron chi connectivity index (χ1n) is 8.45. The van der Waals surface area contributed by atoms with Crippen LogP contribution in [0, 0.1) is 0 Å². The van der Waals surface area contributed by atoms with Crippen molar-refractivity contribution in [2.24, 2.45) is 0 Å². The standard InChI is InChI=1S/C16H26N4O3S/c1-18(2)16-12-14(5-6-17-16)15-4-3-7-20(13-15)24(21,22)19-8-10-23-11-9-19/h5-6,12,15H,3-4,7-11,13H2,1-2H3. The van der Waals surface area contributed by atoms with Gasteiger partial charge in [0.1, 0.15) is 5.82 Å². The molecule has 0 amide bonds. The lowest BCUT2D eigenvalue weighted by molar-refractivity contribution is 0.0695. The molecule has 8 heteroatoms. The van der Waals surface area contributed by atoms with Crippen LogP contribution in [-0.4, -0.2) is 75.5 Å². The van der Waals surface area contributed by atoms with Crippen LogP contribution >= 0.6 is 0 Å². The summed E-state index contributed by atoms with van der Waals surface area (Å²) in [6.45, 7) is 2.99. The van der Waals surface area contributed by atoms with Gasteiger partial charge in [-0.3, -0.25) is 0 Å². The molecule has 1 aromatic heterocycles. The highest BCUT2D eigenvalue weighted by molar-refractivity contribution is 7.86. The summed E-state index contributed by atoms with van der Waals surface area (Å²) in [6, 6.07) is 4.07. The highest BCUT2D eigenvalue weighted by Crippen LogP contribution is 2.30. The topological polar surface area (TPSA) is 66.0 Å². The number of aromatic nitrogens is 1. The van der Waals surface area contributed by atoms with Gasteiger partial charge in [-0.2, -0.15) is 17.0 Å². The first-order valence-corrected chi connectivity index (χ1v) is 9.84. The molecule has 0 aliphatic carbocycles. The maximum absolute atomic E-state index is 12.9. The minimum atomic E-state index is -3.39. The maximum Gasteiger partial charge on any atom is 0.282 e. The Hall–Kier alpha value is -1.22. The van der Waals surface area contributed by atoms with E-state index in [9.17, 15) is 8.42 Å². The fourth-order valence-electron chi connectivity index (χ4n) is 3.30. The van der Waals surface area contributed by atoms with Crippen molar-refractivity contribution in [3.05, 3.63) is 23.9 Å². The van der Waals surface area contributed by atoms with Crippen molar-refractivity contribution in [1.29, 1.82) is 0 Å². The number of anilines is 1. The van der Waals surface area contributed by atoms with Crippen LogP contribution in [-0.2, 0) is 14.9 Å². The molecule has 0 aromatic carbocycles. The van der Waals surface area contributed by atoms with Crippen molar-refractivity contribution in [3.63, 3.8) is 0 Å². The summed E-state index contributed by atoms with van der Waals surface area (Å²) in [5.41, 5.74) is 1.16. The van der Waals surface area contributed by atoms with Crippen molar-refractivity contribution in [2.45, 2.75) is 18.8 Å². The van der Waals surface area contributed by atoms with E-state index in [0.29, 0.717) is 39.4 Å². The van der Waals surface area contributed by atoms with Crippen LogP contribution in [0.1, 0.15) is 24.3 Å². The van der Waals surface area contributed by atoms with Gasteiger partial charge in [-0.15, -0.1) is 0 Å². The lowest BCUT2D eigenvalue weighted by Gasteiger charge is -2.37. The van der Waals surface area contributed by atoms with Crippen LogP contribution in [0.3, 0.4) is 0 Å². The van der Waals surface area contributed by atoms with E-state index in [1.165, 1.54) is 0 Å². The molecule has 0 radical (unpaired) electrons. The largest absolute Gasteiger partial charge is 0.379 e. The molecule has 2 saturated heterocycles. The second-order valence-corrected chi connectivity index (χ2v) is 8.49. The van der Waals surface area contributed by atoms with Crippen molar-refractivity contribution in [3.8, 4) is 0 Å². The predicted molar refractivity (Wildman–Crippen MR) is 93.4 cm³/mol. The number of nitrogens with zero attached hydrogens (tertiary/aromatic N) is 4. The molecule has 3 rings (SSSR count). The van der Waals surface area contributed by atoms with Gasteiger partial charge in [-0.25, -0.2) is 4.98 Å². The summed E-state index contributed by atoms with van der Waals surface area (Å²) in [4.78, 5) is 6.31. The Morgan fingerprint density at radius 2 is 1.96 bits per heavy atom. The minimum Gasteiger partial charge on any atom is -0.379 e. The number of morpholine rings is 1. The van der Waals surface area contributed by atoms with E-state index in [1.807, 2.05) is 25.1 Å². The summed E-state index contributed by atoms with van der Waals surface area (Å²) >= 11 is 0. The molecule has 0 saturated carbocycles. The smallest absolute Gasteiger partial charge is 0.282 e. The van der Waals surface area contributed by atoms with Crippen molar-refractivity contribution in [1.82, 2.24) is 13.6 Å². The van der Waals surface area contributed by atoms with E-state index in [1.54, 1.807) is 14.8 Å². The van der Waals surface area contributed by atoms with Crippen LogP contribution in [0.15, 0.2) is 18.3 Å². The van der Waals surface area contributed by atoms with Gasteiger partial charge in [0.2, 0.25) is 0 Å². The Kier molecular flexibility index (Phi) is 5.39. The molecule has 2 aliphatic heterocycles. The Labute approximate surface area is 144 Å². The molecule has 3 heterocycles. The third kappa shape index (κ3) is 3.72. The predicted octanol–water partition coefficient (Wildman–Crippen LogP) is 0.904. The fourth-order valence-corrected chi connectivity index (χ4v) is 4.96. The van der Waals surface area contributed by atoms with Crippen LogP contribution < -0.4 is 4.90 Å². The van der Waals surface area contributed by atoms with Gasteiger partial charge in [0.25, 0.3) is 10.2 Å². The Bertz CT molecular complexity index is 659. The van der Waals surface area contributed by atoms with Crippen molar-refractivity contribution >= 4 is 16.0 Å². The Morgan fingerprint density at radius 3 is 2.67 bits per heavy atom. The number of rotatable bonds is 4. The molecule has 0 bridgehead atoms. The summed E-state index contributed by atoms with van der Waals surface area (Å²) < 4.78 is 34.2. The van der Waals surface area contributed by atoms with E-state index >= 15 is 0 Å². The minimum absolute atomic E-state index is 0.219. The molecular weight excluding hydrogens is 328 g/mol. The first-order chi connectivity index (χ1) is 11.5. The maximum atomic E-state index is 12.9. The quantitative estimate of drug-likeness (QED) is 0.804. The van der Waals surface area contributed by atoms with E-state index in [4.69, 9.17) is 4.74 Å². The number of pyridine rings is 1. The van der Waals surface area contributed by atoms with Gasteiger partial charge in [0.15, 0.2) is 0 Å². The Balaban J connectivity index is 1.75. The molecule has 1 atom stereocenters. The third-order valence-electron chi connectivity index (χ3n) is 4.71. The van der Waals surface area contributed by atoms with Crippen molar-refractivity contribution in [2.75, 3.05) is 58.4 Å². The van der Waals surface area contributed by atoms with Gasteiger partial charge in [-0.05, 0) is 36.5 Å². The zero-order valence-corrected chi connectivity index (χ0v) is 15.2. The molecule has 0 N–H and O–H groups in total. The van der Waals surface area contributed by atoms with Gasteiger partial charge < -0.3 is 9.64 Å². The first kappa shape index (κ1) is 17.6. The van der Waals surface area contributed by atoms with Gasteiger partial charge in [-0.1, -0.05) is 0 Å². The zero-order chi connectivity index (χ0) is 17.2. The SMILES string of the molecule is CN(C)c1cc(C2CCCN(S(=O)(=O)N3CCOCC3)C2)ccn1. The van der Waals surface area contributed by atoms with Crippen LogP contribution in [0.25, 0.3) is 0 Å². The Morgan fingerprint density at radius 1 is 1.21 bits per heavy atom. The normalized spacial score (nSPS) is 24.0. The molecule has 134 valence electrons. The fraction of sp³-hybridized carbons (Fsp3) is 0.688. The van der Waals surface area contributed by atoms with E-state index < -0.39 is 10.2 Å². The molecule has 24 heavy (non-hydrogen) atoms. The zero-order valence-electron chi connectivity index (χ0n) is 14.4. The summed E-state index contributed by atoms with van der Waals surface area (Å²) in [5.74, 6) is 1.12. The second kappa shape index (κ2) is 7.35. The highest BCUT2D eigenvalue weighted by atomic mass is 32.2. The molecular formula is C16H26N4O3S. The van der Waals surface area contributed by atoms with Crippen LogP contribution in [0.4, 0.5) is 5.82 Å². The number of hydrogen-bond acceptors (Lipinski definition) is 5. The number of ether oxygens (including phenoxy) is 1. The average molecular weight is 354 g/mol. The van der Waals surface area contributed by atoms with Gasteiger partial charge in [0, 0.05) is 46.5 Å². The van der Waals surface area contributed by atoms with Crippen LogP contribution in [0.2, 0.25) is 0 Å². The lowest BCUT2D eigenvalue weighted by atomic mass is 9.92. The molecule has 1 aromatic rings. The molecule has 7 nitrogen and oxygen atoms in total. The van der Waals surface area contributed by atoms with E-state index in [-0.39, 0.29) is 5.92 Å². The molecule has 1 unspecified atom stereocenters. The summed E-state index contributed by atoms with van der Waals surface area (Å²) in [6.07, 6.45) is 3.69. The molecule has 2 fully saturated rings. The highest BCUT2D eigenvalue weighted by Gasteiger charge is 2.34. The average Bonchev–Trinajstić information content (AvgIpc) is 2.62. The van der Waals surface area contributed by atoms with Gasteiger partial charge >= 0.3 is 0 Å².